The molecule has 1 atom stereocenters. The number of carbonyl (C=O) groups excluding carboxylic acids is 3. The number of thioether (sulfide) groups is 1. The Morgan fingerprint density at radius 3 is 2.15 bits per heavy atom. The Bertz CT molecular complexity index is 1400. The third-order valence-corrected chi connectivity index (χ3v) is 6.43. The number of nitrogens with one attached hydrogen (secondary N) is 2. The molecule has 0 saturated heterocycles. The number of hydrogen-bond acceptors (Lipinski definition) is 10. The zero-order chi connectivity index (χ0) is 29.1. The molecule has 0 aromatic heterocycles. The van der Waals surface area contributed by atoms with Gasteiger partial charge in [-0.3, -0.25) is 29.8 Å². The summed E-state index contributed by atoms with van der Waals surface area (Å²) >= 11 is 1.34. The Morgan fingerprint density at radius 1 is 0.950 bits per heavy atom. The number of nitro groups is 2. The zero-order valence-electron chi connectivity index (χ0n) is 21.0. The van der Waals surface area contributed by atoms with Crippen LogP contribution in [0.3, 0.4) is 0 Å². The third-order valence-electron chi connectivity index (χ3n) is 5.32. The highest BCUT2D eigenvalue weighted by molar-refractivity contribution is 7.98. The van der Waals surface area contributed by atoms with E-state index in [4.69, 9.17) is 0 Å². The molecular formula is C26H23N5O8S. The van der Waals surface area contributed by atoms with Gasteiger partial charge in [0.1, 0.15) is 6.04 Å². The maximum Gasteiger partial charge on any atom is 0.337 e. The normalized spacial score (nSPS) is 11.4. The van der Waals surface area contributed by atoms with E-state index in [-0.39, 0.29) is 11.3 Å². The van der Waals surface area contributed by atoms with E-state index in [0.29, 0.717) is 16.9 Å². The molecule has 0 aliphatic carbocycles. The van der Waals surface area contributed by atoms with Crippen molar-refractivity contribution in [1.29, 1.82) is 0 Å². The summed E-state index contributed by atoms with van der Waals surface area (Å²) in [7, 11) is 1.26. The van der Waals surface area contributed by atoms with Crippen molar-refractivity contribution in [3.63, 3.8) is 0 Å². The minimum Gasteiger partial charge on any atom is -0.465 e. The second kappa shape index (κ2) is 14.2. The summed E-state index contributed by atoms with van der Waals surface area (Å²) in [6.45, 7) is 0. The molecule has 2 amide bonds. The maximum atomic E-state index is 12.9. The van der Waals surface area contributed by atoms with Gasteiger partial charge in [0, 0.05) is 23.6 Å². The Balaban J connectivity index is 1.75. The van der Waals surface area contributed by atoms with Gasteiger partial charge >= 0.3 is 5.97 Å². The van der Waals surface area contributed by atoms with Gasteiger partial charge < -0.3 is 10.1 Å². The predicted octanol–water partition coefficient (Wildman–Crippen LogP) is 3.47. The van der Waals surface area contributed by atoms with Crippen LogP contribution >= 0.6 is 11.8 Å². The second-order valence-corrected chi connectivity index (χ2v) is 9.16. The first-order chi connectivity index (χ1) is 19.2. The number of hydrogen-bond donors (Lipinski definition) is 2. The van der Waals surface area contributed by atoms with Crippen molar-refractivity contribution in [2.75, 3.05) is 12.9 Å². The van der Waals surface area contributed by atoms with E-state index >= 15 is 0 Å². The Morgan fingerprint density at radius 2 is 1.57 bits per heavy atom. The summed E-state index contributed by atoms with van der Waals surface area (Å²) in [5.41, 5.74) is 2.61. The number of amides is 2. The van der Waals surface area contributed by atoms with Gasteiger partial charge in [-0.15, -0.1) is 0 Å². The molecule has 0 heterocycles. The van der Waals surface area contributed by atoms with Crippen LogP contribution in [0.15, 0.2) is 77.9 Å². The molecule has 0 aliphatic rings. The summed E-state index contributed by atoms with van der Waals surface area (Å²) in [4.78, 5) is 58.1. The van der Waals surface area contributed by atoms with Gasteiger partial charge in [0.05, 0.1) is 40.4 Å². The first-order valence-corrected chi connectivity index (χ1v) is 12.7. The van der Waals surface area contributed by atoms with Crippen molar-refractivity contribution in [1.82, 2.24) is 10.7 Å². The largest absolute Gasteiger partial charge is 0.465 e. The zero-order valence-corrected chi connectivity index (χ0v) is 21.8. The summed E-state index contributed by atoms with van der Waals surface area (Å²) in [5, 5.41) is 28.8. The van der Waals surface area contributed by atoms with E-state index in [9.17, 15) is 34.6 Å². The molecule has 0 radical (unpaired) electrons. The number of carbonyl (C=O) groups is 3. The number of nitro benzene ring substituents is 2. The van der Waals surface area contributed by atoms with Crippen LogP contribution in [-0.2, 0) is 15.3 Å². The molecular weight excluding hydrogens is 542 g/mol. The SMILES string of the molecule is COC(=O)c1ccc(C=NNC(=O)C(CSCc2ccccc2)NC(=O)c2cc([N+](=O)[O-])cc([N+](=O)[O-])c2)cc1. The number of ether oxygens (including phenoxy) is 1. The van der Waals surface area contributed by atoms with Gasteiger partial charge in [0.25, 0.3) is 23.2 Å². The average molecular weight is 566 g/mol. The number of non-ortho nitro benzene ring substituents is 2. The summed E-state index contributed by atoms with van der Waals surface area (Å²) in [5.74, 6) is -1.46. The van der Waals surface area contributed by atoms with Crippen molar-refractivity contribution >= 4 is 47.1 Å². The highest BCUT2D eigenvalue weighted by atomic mass is 32.2. The summed E-state index contributed by atoms with van der Waals surface area (Å²) in [6.07, 6.45) is 1.33. The number of hydrazone groups is 1. The fourth-order valence-electron chi connectivity index (χ4n) is 3.30. The molecule has 40 heavy (non-hydrogen) atoms. The molecule has 0 fully saturated rings. The smallest absolute Gasteiger partial charge is 0.337 e. The van der Waals surface area contributed by atoms with E-state index in [1.54, 1.807) is 12.1 Å². The fourth-order valence-corrected chi connectivity index (χ4v) is 4.32. The minimum atomic E-state index is -1.14. The van der Waals surface area contributed by atoms with Crippen molar-refractivity contribution in [2.45, 2.75) is 11.8 Å². The van der Waals surface area contributed by atoms with Crippen LogP contribution in [0.4, 0.5) is 11.4 Å². The van der Waals surface area contributed by atoms with Crippen LogP contribution in [-0.4, -0.2) is 52.7 Å². The molecule has 2 N–H and O–H groups in total. The van der Waals surface area contributed by atoms with Crippen LogP contribution in [0.25, 0.3) is 0 Å². The van der Waals surface area contributed by atoms with Crippen LogP contribution in [0, 0.1) is 20.2 Å². The summed E-state index contributed by atoms with van der Waals surface area (Å²) < 4.78 is 4.64. The maximum absolute atomic E-state index is 12.9. The van der Waals surface area contributed by atoms with Gasteiger partial charge in [-0.1, -0.05) is 42.5 Å². The van der Waals surface area contributed by atoms with Gasteiger partial charge in [0.2, 0.25) is 0 Å². The lowest BCUT2D eigenvalue weighted by atomic mass is 10.1. The Kier molecular flexibility index (Phi) is 10.4. The van der Waals surface area contributed by atoms with Crippen LogP contribution in [0.1, 0.15) is 31.8 Å². The van der Waals surface area contributed by atoms with Gasteiger partial charge in [-0.25, -0.2) is 10.2 Å². The minimum absolute atomic E-state index is 0.104. The van der Waals surface area contributed by atoms with Crippen LogP contribution in [0.2, 0.25) is 0 Å². The lowest BCUT2D eigenvalue weighted by Gasteiger charge is -2.17. The summed E-state index contributed by atoms with van der Waals surface area (Å²) in [6, 6.07) is 17.0. The molecule has 3 aromatic carbocycles. The molecule has 3 rings (SSSR count). The number of benzene rings is 3. The second-order valence-electron chi connectivity index (χ2n) is 8.13. The van der Waals surface area contributed by atoms with Crippen molar-refractivity contribution in [2.24, 2.45) is 5.10 Å². The van der Waals surface area contributed by atoms with E-state index in [0.717, 1.165) is 23.8 Å². The quantitative estimate of drug-likeness (QED) is 0.144. The highest BCUT2D eigenvalue weighted by Gasteiger charge is 2.25. The fraction of sp³-hybridized carbons (Fsp3) is 0.154. The van der Waals surface area contributed by atoms with Gasteiger partial charge in [-0.2, -0.15) is 16.9 Å². The highest BCUT2D eigenvalue weighted by Crippen LogP contribution is 2.23. The molecule has 0 saturated carbocycles. The Labute approximate surface area is 231 Å². The molecule has 206 valence electrons. The number of nitrogens with zero attached hydrogens (tertiary/aromatic N) is 3. The average Bonchev–Trinajstić information content (AvgIpc) is 2.96. The molecule has 13 nitrogen and oxygen atoms in total. The number of methoxy groups -OCH3 is 1. The first-order valence-electron chi connectivity index (χ1n) is 11.6. The molecule has 0 spiro atoms. The Hall–Kier alpha value is -5.11. The van der Waals surface area contributed by atoms with E-state index in [2.05, 4.69) is 20.6 Å². The van der Waals surface area contributed by atoms with E-state index in [1.165, 1.54) is 37.2 Å². The van der Waals surface area contributed by atoms with E-state index in [1.807, 2.05) is 30.3 Å². The first kappa shape index (κ1) is 29.4. The molecule has 0 aliphatic heterocycles. The van der Waals surface area contributed by atoms with Crippen molar-refractivity contribution < 1.29 is 29.0 Å². The molecule has 14 heteroatoms. The third kappa shape index (κ3) is 8.46. The monoisotopic (exact) mass is 565 g/mol. The van der Waals surface area contributed by atoms with Gasteiger partial charge in [-0.05, 0) is 23.3 Å². The molecule has 1 unspecified atom stereocenters. The van der Waals surface area contributed by atoms with Gasteiger partial charge in [0.15, 0.2) is 0 Å². The van der Waals surface area contributed by atoms with Crippen molar-refractivity contribution in [3.8, 4) is 0 Å². The molecule has 3 aromatic rings. The van der Waals surface area contributed by atoms with E-state index < -0.39 is 45.0 Å². The van der Waals surface area contributed by atoms with Crippen LogP contribution in [0.5, 0.6) is 0 Å². The lowest BCUT2D eigenvalue weighted by Crippen LogP contribution is -2.47. The van der Waals surface area contributed by atoms with Crippen LogP contribution < -0.4 is 10.7 Å². The number of esters is 1. The standard InChI is InChI=1S/C26H23N5O8S/c1-39-26(34)19-9-7-17(8-10-19)14-27-29-25(33)23(16-40-15-18-5-3-2-4-6-18)28-24(32)20-11-21(30(35)36)13-22(12-20)31(37)38/h2-14,23H,15-16H2,1H3,(H,28,32)(H,29,33). The lowest BCUT2D eigenvalue weighted by molar-refractivity contribution is -0.394. The van der Waals surface area contributed by atoms with Crippen molar-refractivity contribution in [3.05, 3.63) is 115 Å². The predicted molar refractivity (Wildman–Crippen MR) is 147 cm³/mol. The topological polar surface area (TPSA) is 183 Å². The molecule has 0 bridgehead atoms. The number of rotatable bonds is 12.